The maximum atomic E-state index is 11.7. The molecule has 1 atom stereocenters. The van der Waals surface area contributed by atoms with E-state index >= 15 is 0 Å². The Balaban J connectivity index is 2.63. The maximum absolute atomic E-state index is 11.7. The highest BCUT2D eigenvalue weighted by atomic mass is 16.5. The molecular formula is C14H24O3. The fraction of sp³-hybridized carbons (Fsp3) is 0.857. The van der Waals surface area contributed by atoms with Crippen molar-refractivity contribution in [3.8, 4) is 0 Å². The van der Waals surface area contributed by atoms with Gasteiger partial charge in [0, 0.05) is 12.8 Å². The molecule has 3 nitrogen and oxygen atoms in total. The Hall–Kier alpha value is -0.860. The summed E-state index contributed by atoms with van der Waals surface area (Å²) in [6.07, 6.45) is 6.80. The minimum Gasteiger partial charge on any atom is -0.466 e. The molecule has 17 heavy (non-hydrogen) atoms. The number of Topliss-reactive ketones (excluding diaryl/α,β-unsaturated/α-hetero) is 1. The van der Waals surface area contributed by atoms with E-state index in [1.807, 2.05) is 6.92 Å². The van der Waals surface area contributed by atoms with Gasteiger partial charge in [-0.05, 0) is 31.6 Å². The molecule has 1 rings (SSSR count). The molecule has 1 saturated carbocycles. The number of ketones is 1. The fourth-order valence-electron chi connectivity index (χ4n) is 2.78. The van der Waals surface area contributed by atoms with Gasteiger partial charge in [-0.15, -0.1) is 0 Å². The molecule has 0 radical (unpaired) electrons. The van der Waals surface area contributed by atoms with Crippen molar-refractivity contribution in [2.24, 2.45) is 5.41 Å². The van der Waals surface area contributed by atoms with E-state index in [0.717, 1.165) is 32.1 Å². The Labute approximate surface area is 104 Å². The van der Waals surface area contributed by atoms with E-state index in [-0.39, 0.29) is 11.4 Å². The van der Waals surface area contributed by atoms with Crippen molar-refractivity contribution in [2.75, 3.05) is 6.61 Å². The van der Waals surface area contributed by atoms with Crippen LogP contribution in [0.15, 0.2) is 0 Å². The predicted molar refractivity (Wildman–Crippen MR) is 66.7 cm³/mol. The van der Waals surface area contributed by atoms with Crippen LogP contribution in [0.3, 0.4) is 0 Å². The minimum absolute atomic E-state index is 0.0996. The zero-order valence-electron chi connectivity index (χ0n) is 11.1. The van der Waals surface area contributed by atoms with Gasteiger partial charge in [-0.1, -0.05) is 19.8 Å². The lowest BCUT2D eigenvalue weighted by molar-refractivity contribution is -0.147. The van der Waals surface area contributed by atoms with Crippen molar-refractivity contribution < 1.29 is 14.3 Å². The summed E-state index contributed by atoms with van der Waals surface area (Å²) < 4.78 is 5.03. The third-order valence-electron chi connectivity index (χ3n) is 3.62. The molecule has 3 heteroatoms. The van der Waals surface area contributed by atoms with Crippen LogP contribution in [0.1, 0.15) is 65.2 Å². The van der Waals surface area contributed by atoms with Gasteiger partial charge in [0.25, 0.3) is 0 Å². The largest absolute Gasteiger partial charge is 0.466 e. The standard InChI is InChI=1S/C14H24O3/c1-3-5-8-14(11-13(16)17-4-2)9-6-7-12(15)10-14/h3-11H2,1-2H3. The highest BCUT2D eigenvalue weighted by Gasteiger charge is 2.37. The van der Waals surface area contributed by atoms with Crippen LogP contribution in [0.5, 0.6) is 0 Å². The van der Waals surface area contributed by atoms with E-state index in [2.05, 4.69) is 6.92 Å². The fourth-order valence-corrected chi connectivity index (χ4v) is 2.78. The van der Waals surface area contributed by atoms with Crippen LogP contribution in [0, 0.1) is 5.41 Å². The van der Waals surface area contributed by atoms with Crippen molar-refractivity contribution >= 4 is 11.8 Å². The summed E-state index contributed by atoms with van der Waals surface area (Å²) in [5.41, 5.74) is -0.0996. The van der Waals surface area contributed by atoms with Crippen LogP contribution in [0.4, 0.5) is 0 Å². The smallest absolute Gasteiger partial charge is 0.306 e. The number of ether oxygens (including phenoxy) is 1. The number of esters is 1. The second kappa shape index (κ2) is 6.77. The average Bonchev–Trinajstić information content (AvgIpc) is 2.26. The van der Waals surface area contributed by atoms with Gasteiger partial charge >= 0.3 is 5.97 Å². The van der Waals surface area contributed by atoms with E-state index in [1.54, 1.807) is 0 Å². The van der Waals surface area contributed by atoms with Crippen LogP contribution in [-0.4, -0.2) is 18.4 Å². The predicted octanol–water partition coefficient (Wildman–Crippen LogP) is 3.26. The van der Waals surface area contributed by atoms with Gasteiger partial charge < -0.3 is 4.74 Å². The number of unbranched alkanes of at least 4 members (excludes halogenated alkanes) is 1. The molecule has 98 valence electrons. The van der Waals surface area contributed by atoms with Crippen LogP contribution >= 0.6 is 0 Å². The van der Waals surface area contributed by atoms with Crippen LogP contribution in [0.2, 0.25) is 0 Å². The first-order valence-electron chi connectivity index (χ1n) is 6.79. The molecule has 0 aromatic rings. The molecule has 0 aromatic carbocycles. The summed E-state index contributed by atoms with van der Waals surface area (Å²) in [6.45, 7) is 4.39. The molecule has 0 aliphatic heterocycles. The zero-order valence-corrected chi connectivity index (χ0v) is 11.1. The maximum Gasteiger partial charge on any atom is 0.306 e. The van der Waals surface area contributed by atoms with Crippen LogP contribution < -0.4 is 0 Å². The zero-order chi connectivity index (χ0) is 12.7. The lowest BCUT2D eigenvalue weighted by Crippen LogP contribution is -2.32. The van der Waals surface area contributed by atoms with Crippen molar-refractivity contribution in [1.82, 2.24) is 0 Å². The van der Waals surface area contributed by atoms with Crippen molar-refractivity contribution in [2.45, 2.75) is 65.2 Å². The monoisotopic (exact) mass is 240 g/mol. The summed E-state index contributed by atoms with van der Waals surface area (Å²) >= 11 is 0. The van der Waals surface area contributed by atoms with Gasteiger partial charge in [0.15, 0.2) is 0 Å². The molecule has 1 fully saturated rings. The van der Waals surface area contributed by atoms with Gasteiger partial charge in [-0.3, -0.25) is 9.59 Å². The second-order valence-electron chi connectivity index (χ2n) is 5.15. The van der Waals surface area contributed by atoms with E-state index in [0.29, 0.717) is 31.7 Å². The number of carbonyl (C=O) groups is 2. The summed E-state index contributed by atoms with van der Waals surface area (Å²) in [6, 6.07) is 0. The van der Waals surface area contributed by atoms with Gasteiger partial charge in [-0.25, -0.2) is 0 Å². The quantitative estimate of drug-likeness (QED) is 0.669. The number of carbonyl (C=O) groups excluding carboxylic acids is 2. The van der Waals surface area contributed by atoms with Crippen molar-refractivity contribution in [3.05, 3.63) is 0 Å². The first-order valence-corrected chi connectivity index (χ1v) is 6.79. The molecule has 0 N–H and O–H groups in total. The van der Waals surface area contributed by atoms with Crippen LogP contribution in [0.25, 0.3) is 0 Å². The highest BCUT2D eigenvalue weighted by molar-refractivity contribution is 5.81. The van der Waals surface area contributed by atoms with Crippen LogP contribution in [-0.2, 0) is 14.3 Å². The minimum atomic E-state index is -0.140. The van der Waals surface area contributed by atoms with E-state index in [9.17, 15) is 9.59 Å². The van der Waals surface area contributed by atoms with E-state index < -0.39 is 0 Å². The summed E-state index contributed by atoms with van der Waals surface area (Å²) in [4.78, 5) is 23.3. The molecular weight excluding hydrogens is 216 g/mol. The molecule has 1 aliphatic carbocycles. The van der Waals surface area contributed by atoms with Gasteiger partial charge in [0.2, 0.25) is 0 Å². The third-order valence-corrected chi connectivity index (χ3v) is 3.62. The topological polar surface area (TPSA) is 43.4 Å². The molecule has 0 saturated heterocycles. The Kier molecular flexibility index (Phi) is 5.66. The molecule has 1 unspecified atom stereocenters. The molecule has 0 spiro atoms. The van der Waals surface area contributed by atoms with Gasteiger partial charge in [-0.2, -0.15) is 0 Å². The Morgan fingerprint density at radius 2 is 2.18 bits per heavy atom. The molecule has 1 aliphatic rings. The average molecular weight is 240 g/mol. The van der Waals surface area contributed by atoms with E-state index in [4.69, 9.17) is 4.74 Å². The first-order chi connectivity index (χ1) is 8.12. The molecule has 0 bridgehead atoms. The van der Waals surface area contributed by atoms with Gasteiger partial charge in [0.1, 0.15) is 5.78 Å². The van der Waals surface area contributed by atoms with E-state index in [1.165, 1.54) is 0 Å². The summed E-state index contributed by atoms with van der Waals surface area (Å²) in [7, 11) is 0. The van der Waals surface area contributed by atoms with Gasteiger partial charge in [0.05, 0.1) is 13.0 Å². The highest BCUT2D eigenvalue weighted by Crippen LogP contribution is 2.42. The Bertz CT molecular complexity index is 273. The summed E-state index contributed by atoms with van der Waals surface area (Å²) in [5.74, 6) is 0.176. The van der Waals surface area contributed by atoms with Crippen molar-refractivity contribution in [1.29, 1.82) is 0 Å². The Morgan fingerprint density at radius 1 is 1.41 bits per heavy atom. The Morgan fingerprint density at radius 3 is 2.76 bits per heavy atom. The number of hydrogen-bond acceptors (Lipinski definition) is 3. The second-order valence-corrected chi connectivity index (χ2v) is 5.15. The normalized spacial score (nSPS) is 24.7. The van der Waals surface area contributed by atoms with Crippen molar-refractivity contribution in [3.63, 3.8) is 0 Å². The SMILES string of the molecule is CCCCC1(CC(=O)OCC)CCCC(=O)C1. The number of rotatable bonds is 6. The summed E-state index contributed by atoms with van der Waals surface area (Å²) in [5, 5.41) is 0. The third kappa shape index (κ3) is 4.49. The molecule has 0 amide bonds. The first kappa shape index (κ1) is 14.2. The number of hydrogen-bond donors (Lipinski definition) is 0. The lowest BCUT2D eigenvalue weighted by Gasteiger charge is -2.35. The molecule has 0 aromatic heterocycles. The molecule has 0 heterocycles. The lowest BCUT2D eigenvalue weighted by atomic mass is 9.68.